The first-order valence-electron chi connectivity index (χ1n) is 2.60. The first kappa shape index (κ1) is 8.65. The molecule has 0 aromatic heterocycles. The van der Waals surface area contributed by atoms with Gasteiger partial charge in [-0.1, -0.05) is 6.08 Å². The van der Waals surface area contributed by atoms with Gasteiger partial charge in [0.2, 0.25) is 0 Å². The minimum atomic E-state index is -3.25. The SMILES string of the molecule is C=CCOS(=O)(=O)CC. The van der Waals surface area contributed by atoms with Gasteiger partial charge in [0.25, 0.3) is 10.1 Å². The summed E-state index contributed by atoms with van der Waals surface area (Å²) in [6.07, 6.45) is 1.40. The predicted molar refractivity (Wildman–Crippen MR) is 35.6 cm³/mol. The van der Waals surface area contributed by atoms with Crippen LogP contribution in [0.4, 0.5) is 0 Å². The molecule has 0 unspecified atom stereocenters. The van der Waals surface area contributed by atoms with E-state index in [0.717, 1.165) is 0 Å². The van der Waals surface area contributed by atoms with Crippen LogP contribution in [-0.4, -0.2) is 20.8 Å². The van der Waals surface area contributed by atoms with E-state index >= 15 is 0 Å². The van der Waals surface area contributed by atoms with Crippen LogP contribution in [0.2, 0.25) is 0 Å². The van der Waals surface area contributed by atoms with E-state index in [1.54, 1.807) is 0 Å². The van der Waals surface area contributed by atoms with E-state index in [-0.39, 0.29) is 12.4 Å². The van der Waals surface area contributed by atoms with E-state index in [9.17, 15) is 8.42 Å². The molecule has 9 heavy (non-hydrogen) atoms. The monoisotopic (exact) mass is 150 g/mol. The van der Waals surface area contributed by atoms with Gasteiger partial charge in [0.15, 0.2) is 0 Å². The summed E-state index contributed by atoms with van der Waals surface area (Å²) in [4.78, 5) is 0. The van der Waals surface area contributed by atoms with Crippen LogP contribution in [0.25, 0.3) is 0 Å². The first-order valence-corrected chi connectivity index (χ1v) is 4.18. The second-order valence-corrected chi connectivity index (χ2v) is 3.35. The highest BCUT2D eigenvalue weighted by Crippen LogP contribution is 1.90. The Hall–Kier alpha value is -0.350. The molecule has 0 aliphatic rings. The normalized spacial score (nSPS) is 11.2. The lowest BCUT2D eigenvalue weighted by molar-refractivity contribution is 0.358. The Kier molecular flexibility index (Phi) is 3.49. The third-order valence-electron chi connectivity index (χ3n) is 0.719. The van der Waals surface area contributed by atoms with Crippen molar-refractivity contribution in [1.82, 2.24) is 0 Å². The van der Waals surface area contributed by atoms with Crippen LogP contribution in [0, 0.1) is 0 Å². The van der Waals surface area contributed by atoms with E-state index in [1.165, 1.54) is 13.0 Å². The van der Waals surface area contributed by atoms with E-state index in [2.05, 4.69) is 10.8 Å². The van der Waals surface area contributed by atoms with E-state index in [0.29, 0.717) is 0 Å². The standard InChI is InChI=1S/C5H10O3S/c1-3-5-8-9(6,7)4-2/h3H,1,4-5H2,2H3. The van der Waals surface area contributed by atoms with Gasteiger partial charge in [0.05, 0.1) is 12.4 Å². The Morgan fingerprint density at radius 2 is 2.22 bits per heavy atom. The van der Waals surface area contributed by atoms with Gasteiger partial charge < -0.3 is 0 Å². The predicted octanol–water partition coefficient (Wildman–Crippen LogP) is 0.539. The van der Waals surface area contributed by atoms with Crippen LogP contribution in [0.3, 0.4) is 0 Å². The second kappa shape index (κ2) is 3.63. The highest BCUT2D eigenvalue weighted by Gasteiger charge is 2.03. The van der Waals surface area contributed by atoms with Crippen molar-refractivity contribution in [1.29, 1.82) is 0 Å². The maximum absolute atomic E-state index is 10.5. The van der Waals surface area contributed by atoms with Gasteiger partial charge in [-0.3, -0.25) is 4.18 Å². The molecule has 0 rings (SSSR count). The molecule has 0 spiro atoms. The third kappa shape index (κ3) is 4.17. The zero-order valence-corrected chi connectivity index (χ0v) is 6.15. The van der Waals surface area contributed by atoms with Crippen molar-refractivity contribution >= 4 is 10.1 Å². The summed E-state index contributed by atoms with van der Waals surface area (Å²) in [7, 11) is -3.25. The Morgan fingerprint density at radius 3 is 2.56 bits per heavy atom. The van der Waals surface area contributed by atoms with Gasteiger partial charge in [0, 0.05) is 0 Å². The quantitative estimate of drug-likeness (QED) is 0.434. The molecule has 0 radical (unpaired) electrons. The summed E-state index contributed by atoms with van der Waals surface area (Å²) in [5, 5.41) is 0. The molecule has 0 aliphatic carbocycles. The summed E-state index contributed by atoms with van der Waals surface area (Å²) < 4.78 is 25.4. The van der Waals surface area contributed by atoms with Crippen molar-refractivity contribution < 1.29 is 12.6 Å². The molecule has 0 aliphatic heterocycles. The zero-order chi connectivity index (χ0) is 7.33. The van der Waals surface area contributed by atoms with Crippen LogP contribution in [0.15, 0.2) is 12.7 Å². The lowest BCUT2D eigenvalue weighted by Gasteiger charge is -1.96. The van der Waals surface area contributed by atoms with Crippen molar-refractivity contribution in [3.63, 3.8) is 0 Å². The summed E-state index contributed by atoms with van der Waals surface area (Å²) in [5.41, 5.74) is 0. The fourth-order valence-electron chi connectivity index (χ4n) is 0.235. The number of hydrogen-bond donors (Lipinski definition) is 0. The summed E-state index contributed by atoms with van der Waals surface area (Å²) in [5.74, 6) is 0.0147. The molecule has 54 valence electrons. The Labute approximate surface area is 55.5 Å². The molecule has 0 aromatic rings. The van der Waals surface area contributed by atoms with Gasteiger partial charge in [-0.05, 0) is 6.92 Å². The minimum absolute atomic E-state index is 0.0147. The lowest BCUT2D eigenvalue weighted by atomic mass is 10.7. The Bertz CT molecular complexity index is 169. The van der Waals surface area contributed by atoms with E-state index in [1.807, 2.05) is 0 Å². The van der Waals surface area contributed by atoms with Gasteiger partial charge in [-0.2, -0.15) is 8.42 Å². The van der Waals surface area contributed by atoms with Gasteiger partial charge >= 0.3 is 0 Å². The highest BCUT2D eigenvalue weighted by atomic mass is 32.2. The molecular weight excluding hydrogens is 140 g/mol. The van der Waals surface area contributed by atoms with Crippen LogP contribution >= 0.6 is 0 Å². The highest BCUT2D eigenvalue weighted by molar-refractivity contribution is 7.86. The van der Waals surface area contributed by atoms with E-state index < -0.39 is 10.1 Å². The summed E-state index contributed by atoms with van der Waals surface area (Å²) in [6.45, 7) is 4.90. The van der Waals surface area contributed by atoms with Crippen molar-refractivity contribution in [2.45, 2.75) is 6.92 Å². The topological polar surface area (TPSA) is 43.4 Å². The van der Waals surface area contributed by atoms with Gasteiger partial charge in [-0.25, -0.2) is 0 Å². The summed E-state index contributed by atoms with van der Waals surface area (Å²) in [6, 6.07) is 0. The molecule has 0 amide bonds. The zero-order valence-electron chi connectivity index (χ0n) is 5.33. The van der Waals surface area contributed by atoms with Crippen molar-refractivity contribution in [2.24, 2.45) is 0 Å². The molecule has 0 aromatic carbocycles. The maximum Gasteiger partial charge on any atom is 0.267 e. The molecule has 0 N–H and O–H groups in total. The first-order chi connectivity index (χ1) is 4.12. The second-order valence-electron chi connectivity index (χ2n) is 1.42. The fraction of sp³-hybridized carbons (Fsp3) is 0.600. The van der Waals surface area contributed by atoms with Crippen LogP contribution in [-0.2, 0) is 14.3 Å². The smallest absolute Gasteiger partial charge is 0.266 e. The molecule has 0 bridgehead atoms. The molecule has 4 heteroatoms. The van der Waals surface area contributed by atoms with Gasteiger partial charge in [-0.15, -0.1) is 6.58 Å². The molecule has 0 fully saturated rings. The lowest BCUT2D eigenvalue weighted by Crippen LogP contribution is -2.07. The van der Waals surface area contributed by atoms with Gasteiger partial charge in [0.1, 0.15) is 0 Å². The number of rotatable bonds is 4. The van der Waals surface area contributed by atoms with Crippen LogP contribution < -0.4 is 0 Å². The van der Waals surface area contributed by atoms with Crippen LogP contribution in [0.5, 0.6) is 0 Å². The van der Waals surface area contributed by atoms with Crippen molar-refractivity contribution in [3.8, 4) is 0 Å². The molecule has 0 saturated heterocycles. The number of hydrogen-bond acceptors (Lipinski definition) is 3. The largest absolute Gasteiger partial charge is 0.267 e. The average molecular weight is 150 g/mol. The average Bonchev–Trinajstić information content (AvgIpc) is 1.84. The molecule has 0 saturated carbocycles. The fourth-order valence-corrected chi connectivity index (χ4v) is 0.705. The molecule has 0 atom stereocenters. The minimum Gasteiger partial charge on any atom is -0.266 e. The molecule has 0 heterocycles. The summed E-state index contributed by atoms with van der Waals surface area (Å²) >= 11 is 0. The van der Waals surface area contributed by atoms with E-state index in [4.69, 9.17) is 0 Å². The van der Waals surface area contributed by atoms with Crippen molar-refractivity contribution in [2.75, 3.05) is 12.4 Å². The van der Waals surface area contributed by atoms with Crippen LogP contribution in [0.1, 0.15) is 6.92 Å². The Balaban J connectivity index is 3.74. The molecule has 3 nitrogen and oxygen atoms in total. The van der Waals surface area contributed by atoms with Crippen molar-refractivity contribution in [3.05, 3.63) is 12.7 Å². The Morgan fingerprint density at radius 1 is 1.67 bits per heavy atom. The third-order valence-corrected chi connectivity index (χ3v) is 1.92. The molecular formula is C5H10O3S. The maximum atomic E-state index is 10.5.